The van der Waals surface area contributed by atoms with Gasteiger partial charge in [-0.1, -0.05) is 0 Å². The smallest absolute Gasteiger partial charge is 0.229 e. The van der Waals surface area contributed by atoms with E-state index in [1.165, 1.54) is 25.9 Å². The van der Waals surface area contributed by atoms with Crippen LogP contribution in [0.1, 0.15) is 12.8 Å². The van der Waals surface area contributed by atoms with Gasteiger partial charge in [0.2, 0.25) is 6.93 Å². The molecule has 3 heteroatoms. The average molecular weight is 123 g/mol. The second-order valence-corrected chi connectivity index (χ2v) is 1.56. The van der Waals surface area contributed by atoms with E-state index in [1.54, 1.807) is 0 Å². The topological polar surface area (TPSA) is 12.0 Å². The van der Waals surface area contributed by atoms with Gasteiger partial charge >= 0.3 is 0 Å². The molecular weight excluding hydrogens is 112 g/mol. The average Bonchev–Trinajstić information content (AvgIpc) is 2.17. The third-order valence-corrected chi connectivity index (χ3v) is 0.957. The van der Waals surface area contributed by atoms with Gasteiger partial charge < -0.3 is 5.32 Å². The summed E-state index contributed by atoms with van der Waals surface area (Å²) in [6.45, 7) is 0.750. The van der Waals surface area contributed by atoms with Crippen LogP contribution in [-0.4, -0.2) is 20.0 Å². The molecule has 0 atom stereocenters. The first-order valence-corrected chi connectivity index (χ1v) is 2.74. The van der Waals surface area contributed by atoms with Gasteiger partial charge in [0.05, 0.1) is 0 Å². The van der Waals surface area contributed by atoms with E-state index in [9.17, 15) is 8.78 Å². The predicted molar refractivity (Wildman–Crippen MR) is 29.2 cm³/mol. The molecule has 1 saturated heterocycles. The maximum atomic E-state index is 9.62. The number of nitrogens with one attached hydrogen (secondary N) is 1. The largest absolute Gasteiger partial charge is 0.317 e. The minimum absolute atomic E-state index is 1.25. The van der Waals surface area contributed by atoms with Crippen LogP contribution >= 0.6 is 0 Å². The van der Waals surface area contributed by atoms with Crippen molar-refractivity contribution < 1.29 is 8.78 Å². The van der Waals surface area contributed by atoms with Gasteiger partial charge in [-0.05, 0) is 25.9 Å². The van der Waals surface area contributed by atoms with Gasteiger partial charge in [-0.15, -0.1) is 0 Å². The fourth-order valence-electron chi connectivity index (χ4n) is 0.625. The molecule has 0 aromatic carbocycles. The fraction of sp³-hybridized carbons (Fsp3) is 1.00. The Kier molecular flexibility index (Phi) is 6.67. The van der Waals surface area contributed by atoms with E-state index in [2.05, 4.69) is 5.32 Å². The molecule has 1 N–H and O–H groups in total. The van der Waals surface area contributed by atoms with Crippen LogP contribution < -0.4 is 5.32 Å². The van der Waals surface area contributed by atoms with Crippen molar-refractivity contribution in [1.29, 1.82) is 0 Å². The molecule has 0 radical (unpaired) electrons. The minimum Gasteiger partial charge on any atom is -0.317 e. The minimum atomic E-state index is -1.75. The molecular formula is C5H11F2N. The highest BCUT2D eigenvalue weighted by Gasteiger charge is 1.93. The third-order valence-electron chi connectivity index (χ3n) is 0.957. The van der Waals surface area contributed by atoms with Gasteiger partial charge in [0.15, 0.2) is 0 Å². The van der Waals surface area contributed by atoms with Crippen LogP contribution in [0.25, 0.3) is 0 Å². The summed E-state index contributed by atoms with van der Waals surface area (Å²) in [6.07, 6.45) is 2.78. The van der Waals surface area contributed by atoms with Crippen LogP contribution in [0.5, 0.6) is 0 Å². The lowest BCUT2D eigenvalue weighted by molar-refractivity contribution is 0.295. The monoisotopic (exact) mass is 123 g/mol. The Morgan fingerprint density at radius 3 is 1.62 bits per heavy atom. The van der Waals surface area contributed by atoms with Gasteiger partial charge in [0.1, 0.15) is 0 Å². The van der Waals surface area contributed by atoms with Crippen LogP contribution in [0.4, 0.5) is 8.78 Å². The van der Waals surface area contributed by atoms with Crippen molar-refractivity contribution in [2.75, 3.05) is 20.0 Å². The fourth-order valence-corrected chi connectivity index (χ4v) is 0.625. The van der Waals surface area contributed by atoms with Gasteiger partial charge in [0, 0.05) is 0 Å². The Hall–Kier alpha value is -0.180. The van der Waals surface area contributed by atoms with Gasteiger partial charge in [-0.3, -0.25) is 0 Å². The molecule has 0 spiro atoms. The molecule has 0 saturated carbocycles. The quantitative estimate of drug-likeness (QED) is 0.511. The van der Waals surface area contributed by atoms with E-state index in [0.29, 0.717) is 0 Å². The first kappa shape index (κ1) is 7.82. The maximum Gasteiger partial charge on any atom is 0.229 e. The van der Waals surface area contributed by atoms with Crippen LogP contribution in [0.3, 0.4) is 0 Å². The summed E-state index contributed by atoms with van der Waals surface area (Å²) in [5.74, 6) is 0. The van der Waals surface area contributed by atoms with Crippen LogP contribution in [0.15, 0.2) is 0 Å². The Labute approximate surface area is 48.1 Å². The molecule has 0 amide bonds. The number of hydrogen-bond acceptors (Lipinski definition) is 1. The van der Waals surface area contributed by atoms with Crippen molar-refractivity contribution in [3.8, 4) is 0 Å². The maximum absolute atomic E-state index is 9.62. The van der Waals surface area contributed by atoms with Crippen molar-refractivity contribution in [2.45, 2.75) is 12.8 Å². The summed E-state index contributed by atoms with van der Waals surface area (Å²) >= 11 is 0. The van der Waals surface area contributed by atoms with Crippen molar-refractivity contribution in [3.63, 3.8) is 0 Å². The van der Waals surface area contributed by atoms with E-state index < -0.39 is 6.93 Å². The van der Waals surface area contributed by atoms with E-state index in [1.807, 2.05) is 0 Å². The molecule has 0 bridgehead atoms. The Balaban J connectivity index is 0.000000145. The zero-order chi connectivity index (χ0) is 6.24. The van der Waals surface area contributed by atoms with Gasteiger partial charge in [0.25, 0.3) is 0 Å². The summed E-state index contributed by atoms with van der Waals surface area (Å²) in [6, 6.07) is 0. The second kappa shape index (κ2) is 6.82. The number of alkyl halides is 2. The zero-order valence-corrected chi connectivity index (χ0v) is 4.79. The van der Waals surface area contributed by atoms with Crippen LogP contribution in [0, 0.1) is 0 Å². The molecule has 1 heterocycles. The highest BCUT2D eigenvalue weighted by molar-refractivity contribution is 4.55. The summed E-state index contributed by atoms with van der Waals surface area (Å²) < 4.78 is 19.2. The summed E-state index contributed by atoms with van der Waals surface area (Å²) in [5, 5.41) is 3.22. The third kappa shape index (κ3) is 5.82. The van der Waals surface area contributed by atoms with E-state index in [-0.39, 0.29) is 0 Å². The molecule has 0 unspecified atom stereocenters. The van der Waals surface area contributed by atoms with Crippen molar-refractivity contribution in [2.24, 2.45) is 0 Å². The van der Waals surface area contributed by atoms with E-state index in [0.717, 1.165) is 0 Å². The lowest BCUT2D eigenvalue weighted by Gasteiger charge is -1.76. The molecule has 0 aromatic rings. The van der Waals surface area contributed by atoms with Gasteiger partial charge in [-0.25, -0.2) is 8.78 Å². The number of rotatable bonds is 0. The van der Waals surface area contributed by atoms with Crippen LogP contribution in [0.2, 0.25) is 0 Å². The molecule has 1 aliphatic heterocycles. The normalized spacial score (nSPS) is 17.2. The first-order valence-electron chi connectivity index (χ1n) is 2.74. The Morgan fingerprint density at radius 2 is 1.50 bits per heavy atom. The zero-order valence-electron chi connectivity index (χ0n) is 4.79. The molecule has 8 heavy (non-hydrogen) atoms. The van der Waals surface area contributed by atoms with Crippen LogP contribution in [-0.2, 0) is 0 Å². The van der Waals surface area contributed by atoms with E-state index >= 15 is 0 Å². The Bertz CT molecular complexity index is 29.8. The standard InChI is InChI=1S/C4H9N.CH2F2/c1-2-4-5-3-1;2-1-3/h5H,1-4H2;1H2. The first-order chi connectivity index (χ1) is 3.91. The van der Waals surface area contributed by atoms with Crippen molar-refractivity contribution in [3.05, 3.63) is 0 Å². The lowest BCUT2D eigenvalue weighted by Crippen LogP contribution is -2.03. The molecule has 1 rings (SSSR count). The molecule has 1 nitrogen and oxygen atoms in total. The summed E-state index contributed by atoms with van der Waals surface area (Å²) in [5.41, 5.74) is 0. The number of halogens is 2. The molecule has 0 aliphatic carbocycles. The van der Waals surface area contributed by atoms with Crippen molar-refractivity contribution >= 4 is 0 Å². The van der Waals surface area contributed by atoms with E-state index in [4.69, 9.17) is 0 Å². The number of hydrogen-bond donors (Lipinski definition) is 1. The molecule has 0 aromatic heterocycles. The van der Waals surface area contributed by atoms with Crippen molar-refractivity contribution in [1.82, 2.24) is 5.32 Å². The molecule has 1 aliphatic rings. The summed E-state index contributed by atoms with van der Waals surface area (Å²) in [4.78, 5) is 0. The molecule has 50 valence electrons. The highest BCUT2D eigenvalue weighted by Crippen LogP contribution is 1.90. The second-order valence-electron chi connectivity index (χ2n) is 1.56. The Morgan fingerprint density at radius 1 is 1.12 bits per heavy atom. The van der Waals surface area contributed by atoms with Gasteiger partial charge in [-0.2, -0.15) is 0 Å². The highest BCUT2D eigenvalue weighted by atomic mass is 19.3. The lowest BCUT2D eigenvalue weighted by atomic mass is 10.4. The predicted octanol–water partition coefficient (Wildman–Crippen LogP) is 1.25. The molecule has 1 fully saturated rings. The summed E-state index contributed by atoms with van der Waals surface area (Å²) in [7, 11) is 0. The SMILES string of the molecule is C1CCNC1.FCF.